The summed E-state index contributed by atoms with van der Waals surface area (Å²) in [4.78, 5) is 15.2. The van der Waals surface area contributed by atoms with Gasteiger partial charge in [0.05, 0.1) is 11.7 Å². The summed E-state index contributed by atoms with van der Waals surface area (Å²) in [7, 11) is 0. The largest absolute Gasteiger partial charge is 0.484 e. The van der Waals surface area contributed by atoms with Crippen LogP contribution >= 0.6 is 0 Å². The highest BCUT2D eigenvalue weighted by Crippen LogP contribution is 2.34. The van der Waals surface area contributed by atoms with Crippen LogP contribution in [0.4, 0.5) is 4.39 Å². The number of fused-ring (bicyclic) bond motifs is 1. The predicted molar refractivity (Wildman–Crippen MR) is 100 cm³/mol. The van der Waals surface area contributed by atoms with Gasteiger partial charge in [0, 0.05) is 30.9 Å². The van der Waals surface area contributed by atoms with Gasteiger partial charge in [0.25, 0.3) is 5.88 Å². The topological polar surface area (TPSA) is 69.6 Å². The van der Waals surface area contributed by atoms with Gasteiger partial charge >= 0.3 is 0 Å². The van der Waals surface area contributed by atoms with Crippen molar-refractivity contribution < 1.29 is 18.6 Å². The Morgan fingerprint density at radius 1 is 1.11 bits per heavy atom. The van der Waals surface area contributed by atoms with Crippen molar-refractivity contribution in [2.75, 3.05) is 26.3 Å². The molecule has 1 unspecified atom stereocenters. The second-order valence-corrected chi connectivity index (χ2v) is 7.28. The molecule has 0 amide bonds. The maximum absolute atomic E-state index is 14.6. The molecule has 0 aliphatic carbocycles. The smallest absolute Gasteiger partial charge is 0.257 e. The van der Waals surface area contributed by atoms with Crippen LogP contribution in [-0.2, 0) is 0 Å². The number of pyridine rings is 1. The Morgan fingerprint density at radius 2 is 1.86 bits per heavy atom. The lowest BCUT2D eigenvalue weighted by molar-refractivity contribution is 0.0739. The molecule has 8 heteroatoms. The summed E-state index contributed by atoms with van der Waals surface area (Å²) in [5.74, 6) is 1.73. The van der Waals surface area contributed by atoms with Gasteiger partial charge in [-0.2, -0.15) is 4.98 Å². The standard InChI is InChI=1S/C20H25FN4O3/c1-12-10-18(23-14(3)22-12)28-15-4-6-25(7-5-15)13(2)19-16(21)11-17-20(24-19)27-9-8-26-17/h10-11,13,15H,4-9H2,1-3H3. The van der Waals surface area contributed by atoms with Crippen molar-refractivity contribution in [1.82, 2.24) is 19.9 Å². The number of aryl methyl sites for hydroxylation is 2. The number of hydrogen-bond donors (Lipinski definition) is 0. The minimum atomic E-state index is -0.359. The second kappa shape index (κ2) is 7.87. The monoisotopic (exact) mass is 388 g/mol. The molecular formula is C20H25FN4O3. The summed E-state index contributed by atoms with van der Waals surface area (Å²) in [6.45, 7) is 8.21. The molecule has 7 nitrogen and oxygen atoms in total. The molecule has 2 aromatic heterocycles. The van der Waals surface area contributed by atoms with Crippen LogP contribution in [0.5, 0.6) is 17.5 Å². The fraction of sp³-hybridized carbons (Fsp3) is 0.550. The van der Waals surface area contributed by atoms with E-state index in [1.165, 1.54) is 6.07 Å². The summed E-state index contributed by atoms with van der Waals surface area (Å²) in [6, 6.07) is 3.08. The van der Waals surface area contributed by atoms with Gasteiger partial charge in [-0.1, -0.05) is 0 Å². The average molecular weight is 388 g/mol. The van der Waals surface area contributed by atoms with Crippen molar-refractivity contribution in [1.29, 1.82) is 0 Å². The first-order chi connectivity index (χ1) is 13.5. The van der Waals surface area contributed by atoms with E-state index in [2.05, 4.69) is 19.9 Å². The summed E-state index contributed by atoms with van der Waals surface area (Å²) in [5, 5.41) is 0. The normalized spacial score (nSPS) is 18.7. The highest BCUT2D eigenvalue weighted by atomic mass is 19.1. The van der Waals surface area contributed by atoms with Gasteiger partial charge in [0.15, 0.2) is 5.75 Å². The third kappa shape index (κ3) is 4.01. The number of likely N-dealkylation sites (tertiary alicyclic amines) is 1. The molecule has 4 rings (SSSR count). The van der Waals surface area contributed by atoms with Gasteiger partial charge in [-0.05, 0) is 33.6 Å². The summed E-state index contributed by atoms with van der Waals surface area (Å²) < 4.78 is 31.5. The van der Waals surface area contributed by atoms with Gasteiger partial charge in [-0.25, -0.2) is 14.4 Å². The van der Waals surface area contributed by atoms with Gasteiger partial charge in [0.1, 0.15) is 31.0 Å². The first-order valence-corrected chi connectivity index (χ1v) is 9.68. The SMILES string of the molecule is Cc1cc(OC2CCN(C(C)c3nc4c(cc3F)OCCO4)CC2)nc(C)n1. The zero-order valence-electron chi connectivity index (χ0n) is 16.4. The third-order valence-corrected chi connectivity index (χ3v) is 5.16. The number of piperidine rings is 1. The van der Waals surface area contributed by atoms with Crippen LogP contribution in [-0.4, -0.2) is 52.3 Å². The zero-order valence-corrected chi connectivity index (χ0v) is 16.4. The van der Waals surface area contributed by atoms with Crippen molar-refractivity contribution in [2.45, 2.75) is 45.8 Å². The third-order valence-electron chi connectivity index (χ3n) is 5.16. The molecule has 0 saturated carbocycles. The quantitative estimate of drug-likeness (QED) is 0.797. The fourth-order valence-corrected chi connectivity index (χ4v) is 3.73. The summed E-state index contributed by atoms with van der Waals surface area (Å²) >= 11 is 0. The van der Waals surface area contributed by atoms with Crippen LogP contribution in [0.15, 0.2) is 12.1 Å². The lowest BCUT2D eigenvalue weighted by Crippen LogP contribution is -2.40. The molecule has 0 aromatic carbocycles. The van der Waals surface area contributed by atoms with E-state index in [9.17, 15) is 4.39 Å². The number of nitrogens with zero attached hydrogens (tertiary/aromatic N) is 4. The van der Waals surface area contributed by atoms with Crippen molar-refractivity contribution in [2.24, 2.45) is 0 Å². The maximum atomic E-state index is 14.6. The van der Waals surface area contributed by atoms with E-state index in [-0.39, 0.29) is 18.0 Å². The van der Waals surface area contributed by atoms with E-state index in [0.29, 0.717) is 42.2 Å². The molecule has 1 atom stereocenters. The lowest BCUT2D eigenvalue weighted by Gasteiger charge is -2.35. The fourth-order valence-electron chi connectivity index (χ4n) is 3.73. The molecule has 2 aromatic rings. The van der Waals surface area contributed by atoms with Crippen LogP contribution in [0.25, 0.3) is 0 Å². The molecule has 0 N–H and O–H groups in total. The maximum Gasteiger partial charge on any atom is 0.257 e. The number of ether oxygens (including phenoxy) is 3. The molecular weight excluding hydrogens is 363 g/mol. The van der Waals surface area contributed by atoms with Crippen molar-refractivity contribution in [3.8, 4) is 17.5 Å². The Balaban J connectivity index is 1.39. The number of rotatable bonds is 4. The number of halogens is 1. The highest BCUT2D eigenvalue weighted by molar-refractivity contribution is 5.37. The molecule has 1 fully saturated rings. The lowest BCUT2D eigenvalue weighted by atomic mass is 10.0. The molecule has 28 heavy (non-hydrogen) atoms. The van der Waals surface area contributed by atoms with Crippen LogP contribution in [0.3, 0.4) is 0 Å². The van der Waals surface area contributed by atoms with Crippen molar-refractivity contribution in [3.63, 3.8) is 0 Å². The predicted octanol–water partition coefficient (Wildman–Crippen LogP) is 3.00. The van der Waals surface area contributed by atoms with Gasteiger partial charge in [-0.15, -0.1) is 0 Å². The first-order valence-electron chi connectivity index (χ1n) is 9.68. The van der Waals surface area contributed by atoms with Gasteiger partial charge in [-0.3, -0.25) is 4.90 Å². The zero-order chi connectivity index (χ0) is 19.7. The Bertz CT molecular complexity index is 835. The minimum Gasteiger partial charge on any atom is -0.484 e. The Labute approximate surface area is 163 Å². The second-order valence-electron chi connectivity index (χ2n) is 7.28. The van der Waals surface area contributed by atoms with Crippen LogP contribution in [0.1, 0.15) is 43.0 Å². The Kier molecular flexibility index (Phi) is 5.30. The van der Waals surface area contributed by atoms with E-state index >= 15 is 0 Å². The van der Waals surface area contributed by atoms with Crippen LogP contribution < -0.4 is 14.2 Å². The van der Waals surface area contributed by atoms with E-state index < -0.39 is 0 Å². The minimum absolute atomic E-state index is 0.0928. The molecule has 150 valence electrons. The molecule has 0 radical (unpaired) electrons. The molecule has 0 bridgehead atoms. The average Bonchev–Trinajstić information content (AvgIpc) is 2.67. The molecule has 1 saturated heterocycles. The van der Waals surface area contributed by atoms with E-state index in [1.54, 1.807) is 0 Å². The van der Waals surface area contributed by atoms with E-state index in [4.69, 9.17) is 14.2 Å². The van der Waals surface area contributed by atoms with E-state index in [0.717, 1.165) is 31.6 Å². The van der Waals surface area contributed by atoms with Crippen molar-refractivity contribution >= 4 is 0 Å². The molecule has 2 aliphatic rings. The molecule has 4 heterocycles. The van der Waals surface area contributed by atoms with Crippen LogP contribution in [0, 0.1) is 19.7 Å². The Hall–Kier alpha value is -2.48. The van der Waals surface area contributed by atoms with Crippen LogP contribution in [0.2, 0.25) is 0 Å². The number of aromatic nitrogens is 3. The summed E-state index contributed by atoms with van der Waals surface area (Å²) in [6.07, 6.45) is 1.78. The Morgan fingerprint density at radius 3 is 2.61 bits per heavy atom. The van der Waals surface area contributed by atoms with Gasteiger partial charge in [0.2, 0.25) is 5.88 Å². The first kappa shape index (κ1) is 18.9. The summed E-state index contributed by atoms with van der Waals surface area (Å²) in [5.41, 5.74) is 1.29. The van der Waals surface area contributed by atoms with Crippen molar-refractivity contribution in [3.05, 3.63) is 35.2 Å². The van der Waals surface area contributed by atoms with Gasteiger partial charge < -0.3 is 14.2 Å². The molecule has 0 spiro atoms. The molecule has 2 aliphatic heterocycles. The number of hydrogen-bond acceptors (Lipinski definition) is 7. The van der Waals surface area contributed by atoms with E-state index in [1.807, 2.05) is 26.8 Å². The highest BCUT2D eigenvalue weighted by Gasteiger charge is 2.29.